The zero-order chi connectivity index (χ0) is 14.9. The van der Waals surface area contributed by atoms with Crippen molar-refractivity contribution >= 4 is 17.4 Å². The molecule has 0 saturated carbocycles. The third kappa shape index (κ3) is 2.69. The molecule has 4 nitrogen and oxygen atoms in total. The van der Waals surface area contributed by atoms with Gasteiger partial charge in [-0.25, -0.2) is 23.6 Å². The smallest absolute Gasteiger partial charge is 0.134 e. The van der Waals surface area contributed by atoms with Crippen LogP contribution in [0.3, 0.4) is 0 Å². The van der Waals surface area contributed by atoms with Gasteiger partial charge in [-0.2, -0.15) is 0 Å². The molecule has 0 bridgehead atoms. The summed E-state index contributed by atoms with van der Waals surface area (Å²) in [6, 6.07) is 1.33. The second-order valence-electron chi connectivity index (χ2n) is 4.01. The lowest BCUT2D eigenvalue weighted by Crippen LogP contribution is -2.31. The van der Waals surface area contributed by atoms with Gasteiger partial charge in [0.25, 0.3) is 0 Å². The van der Waals surface area contributed by atoms with Gasteiger partial charge in [-0.15, -0.1) is 0 Å². The summed E-state index contributed by atoms with van der Waals surface area (Å²) in [7, 11) is 0. The van der Waals surface area contributed by atoms with E-state index in [1.165, 1.54) is 12.3 Å². The molecule has 1 unspecified atom stereocenters. The lowest BCUT2D eigenvalue weighted by Gasteiger charge is -2.19. The van der Waals surface area contributed by atoms with E-state index in [2.05, 4.69) is 10.4 Å². The fourth-order valence-corrected chi connectivity index (χ4v) is 2.02. The van der Waals surface area contributed by atoms with E-state index < -0.39 is 29.1 Å². The highest BCUT2D eigenvalue weighted by Crippen LogP contribution is 2.30. The number of anilines is 1. The molecule has 0 fully saturated rings. The summed E-state index contributed by atoms with van der Waals surface area (Å²) in [4.78, 5) is 3.78. The Morgan fingerprint density at radius 3 is 2.30 bits per heavy atom. The van der Waals surface area contributed by atoms with E-state index in [-0.39, 0.29) is 16.4 Å². The maximum atomic E-state index is 13.8. The molecule has 0 spiro atoms. The van der Waals surface area contributed by atoms with Gasteiger partial charge < -0.3 is 5.73 Å². The van der Waals surface area contributed by atoms with E-state index in [9.17, 15) is 13.2 Å². The molecule has 2 rings (SSSR count). The zero-order valence-corrected chi connectivity index (χ0v) is 10.8. The molecule has 1 heterocycles. The molecule has 20 heavy (non-hydrogen) atoms. The van der Waals surface area contributed by atoms with Crippen LogP contribution in [0.5, 0.6) is 0 Å². The number of nitrogens with zero attached hydrogens (tertiary/aromatic N) is 1. The Hall–Kier alpha value is -1.83. The molecular formula is C12H10ClF3N4. The first kappa shape index (κ1) is 14.6. The van der Waals surface area contributed by atoms with Crippen molar-refractivity contribution in [2.45, 2.75) is 6.04 Å². The number of nitrogen functional groups attached to an aromatic ring is 1. The van der Waals surface area contributed by atoms with Crippen molar-refractivity contribution in [1.82, 2.24) is 10.4 Å². The number of benzene rings is 1. The number of halogens is 4. The molecule has 1 aromatic heterocycles. The van der Waals surface area contributed by atoms with Gasteiger partial charge in [0, 0.05) is 29.5 Å². The molecule has 8 heteroatoms. The van der Waals surface area contributed by atoms with Crippen molar-refractivity contribution < 1.29 is 13.2 Å². The largest absolute Gasteiger partial charge is 0.383 e. The SMILES string of the molecule is NNC(c1cc(Cl)cnc1N)c1c(F)cc(F)cc1F. The quantitative estimate of drug-likeness (QED) is 0.600. The third-order valence-electron chi connectivity index (χ3n) is 2.73. The number of hydrazine groups is 1. The highest BCUT2D eigenvalue weighted by atomic mass is 35.5. The molecule has 0 aliphatic carbocycles. The second kappa shape index (κ2) is 5.66. The van der Waals surface area contributed by atoms with E-state index in [1.807, 2.05) is 0 Å². The minimum Gasteiger partial charge on any atom is -0.383 e. The Bertz CT molecular complexity index is 628. The van der Waals surface area contributed by atoms with Crippen LogP contribution in [0.1, 0.15) is 17.2 Å². The summed E-state index contributed by atoms with van der Waals surface area (Å²) >= 11 is 5.78. The van der Waals surface area contributed by atoms with Crippen molar-refractivity contribution in [2.24, 2.45) is 5.84 Å². The van der Waals surface area contributed by atoms with Crippen LogP contribution in [-0.4, -0.2) is 4.98 Å². The fraction of sp³-hybridized carbons (Fsp3) is 0.0833. The molecule has 1 aromatic carbocycles. The van der Waals surface area contributed by atoms with Gasteiger partial charge in [-0.3, -0.25) is 5.84 Å². The molecule has 2 aromatic rings. The van der Waals surface area contributed by atoms with Crippen LogP contribution in [0, 0.1) is 17.5 Å². The van der Waals surface area contributed by atoms with Crippen LogP contribution in [0.15, 0.2) is 24.4 Å². The average Bonchev–Trinajstić information content (AvgIpc) is 2.37. The summed E-state index contributed by atoms with van der Waals surface area (Å²) in [6.07, 6.45) is 1.28. The van der Waals surface area contributed by atoms with Crippen LogP contribution in [0.2, 0.25) is 5.02 Å². The number of aromatic nitrogens is 1. The summed E-state index contributed by atoms with van der Waals surface area (Å²) in [5, 5.41) is 0.220. The van der Waals surface area contributed by atoms with Gasteiger partial charge in [-0.05, 0) is 6.07 Å². The fourth-order valence-electron chi connectivity index (χ4n) is 1.85. The maximum Gasteiger partial charge on any atom is 0.134 e. The van der Waals surface area contributed by atoms with Gasteiger partial charge in [0.1, 0.15) is 23.3 Å². The number of nitrogens with one attached hydrogen (secondary N) is 1. The lowest BCUT2D eigenvalue weighted by molar-refractivity contribution is 0.492. The first-order valence-corrected chi connectivity index (χ1v) is 5.83. The maximum absolute atomic E-state index is 13.8. The predicted molar refractivity (Wildman–Crippen MR) is 69.1 cm³/mol. The van der Waals surface area contributed by atoms with Crippen molar-refractivity contribution in [3.05, 3.63) is 58.0 Å². The Balaban J connectivity index is 2.61. The summed E-state index contributed by atoms with van der Waals surface area (Å²) < 4.78 is 40.5. The highest BCUT2D eigenvalue weighted by molar-refractivity contribution is 6.30. The van der Waals surface area contributed by atoms with E-state index in [0.29, 0.717) is 12.1 Å². The van der Waals surface area contributed by atoms with Gasteiger partial charge in [-0.1, -0.05) is 11.6 Å². The number of rotatable bonds is 3. The van der Waals surface area contributed by atoms with Crippen LogP contribution < -0.4 is 17.0 Å². The molecule has 0 radical (unpaired) electrons. The zero-order valence-electron chi connectivity index (χ0n) is 10.0. The van der Waals surface area contributed by atoms with Crippen molar-refractivity contribution in [2.75, 3.05) is 5.73 Å². The van der Waals surface area contributed by atoms with E-state index in [1.54, 1.807) is 0 Å². The van der Waals surface area contributed by atoms with Crippen molar-refractivity contribution in [3.63, 3.8) is 0 Å². The van der Waals surface area contributed by atoms with E-state index in [0.717, 1.165) is 0 Å². The Morgan fingerprint density at radius 2 is 1.75 bits per heavy atom. The molecular weight excluding hydrogens is 293 g/mol. The van der Waals surface area contributed by atoms with Gasteiger partial charge in [0.05, 0.1) is 11.1 Å². The Labute approximate surface area is 117 Å². The van der Waals surface area contributed by atoms with Gasteiger partial charge in [0.15, 0.2) is 0 Å². The van der Waals surface area contributed by atoms with Crippen molar-refractivity contribution in [3.8, 4) is 0 Å². The molecule has 106 valence electrons. The summed E-state index contributed by atoms with van der Waals surface area (Å²) in [5.74, 6) is 2.11. The summed E-state index contributed by atoms with van der Waals surface area (Å²) in [6.45, 7) is 0. The standard InChI is InChI=1S/C12H10ClF3N4/c13-5-1-7(12(17)19-4-5)11(20-18)10-8(15)2-6(14)3-9(10)16/h1-4,11,20H,18H2,(H2,17,19). The average molecular weight is 303 g/mol. The minimum absolute atomic E-state index is 0.000440. The first-order valence-electron chi connectivity index (χ1n) is 5.45. The molecule has 0 aliphatic rings. The van der Waals surface area contributed by atoms with Gasteiger partial charge in [0.2, 0.25) is 0 Å². The molecule has 5 N–H and O–H groups in total. The minimum atomic E-state index is -1.15. The summed E-state index contributed by atoms with van der Waals surface area (Å²) in [5.41, 5.74) is 7.59. The Kier molecular flexibility index (Phi) is 4.12. The Morgan fingerprint density at radius 1 is 1.15 bits per heavy atom. The first-order chi connectivity index (χ1) is 9.43. The van der Waals surface area contributed by atoms with E-state index >= 15 is 0 Å². The number of nitrogens with two attached hydrogens (primary N) is 2. The topological polar surface area (TPSA) is 77.0 Å². The highest BCUT2D eigenvalue weighted by Gasteiger charge is 2.24. The number of hydrogen-bond donors (Lipinski definition) is 3. The molecule has 0 aliphatic heterocycles. The lowest BCUT2D eigenvalue weighted by atomic mass is 9.98. The van der Waals surface area contributed by atoms with Crippen LogP contribution >= 0.6 is 11.6 Å². The molecule has 0 amide bonds. The predicted octanol–water partition coefficient (Wildman–Crippen LogP) is 2.29. The normalized spacial score (nSPS) is 12.4. The number of hydrogen-bond acceptors (Lipinski definition) is 4. The van der Waals surface area contributed by atoms with Crippen molar-refractivity contribution in [1.29, 1.82) is 0 Å². The monoisotopic (exact) mass is 302 g/mol. The third-order valence-corrected chi connectivity index (χ3v) is 2.93. The molecule has 0 saturated heterocycles. The van der Waals surface area contributed by atoms with Crippen LogP contribution in [-0.2, 0) is 0 Å². The van der Waals surface area contributed by atoms with Crippen LogP contribution in [0.25, 0.3) is 0 Å². The van der Waals surface area contributed by atoms with E-state index in [4.69, 9.17) is 23.2 Å². The number of pyridine rings is 1. The van der Waals surface area contributed by atoms with Crippen LogP contribution in [0.4, 0.5) is 19.0 Å². The van der Waals surface area contributed by atoms with Gasteiger partial charge >= 0.3 is 0 Å². The second-order valence-corrected chi connectivity index (χ2v) is 4.45. The molecule has 1 atom stereocenters.